The van der Waals surface area contributed by atoms with Gasteiger partial charge in [0, 0.05) is 30.5 Å². The van der Waals surface area contributed by atoms with Crippen LogP contribution in [0.2, 0.25) is 0 Å². The van der Waals surface area contributed by atoms with Crippen LogP contribution in [0, 0.1) is 13.8 Å². The van der Waals surface area contributed by atoms with E-state index in [-0.39, 0.29) is 18.0 Å². The number of urea groups is 1. The van der Waals surface area contributed by atoms with Gasteiger partial charge in [0.2, 0.25) is 5.91 Å². The van der Waals surface area contributed by atoms with Crippen LogP contribution in [-0.2, 0) is 16.8 Å². The predicted molar refractivity (Wildman–Crippen MR) is 107 cm³/mol. The number of para-hydroxylation sites is 1. The van der Waals surface area contributed by atoms with Crippen molar-refractivity contribution in [2.45, 2.75) is 51.6 Å². The highest BCUT2D eigenvalue weighted by Gasteiger charge is 2.48. The lowest BCUT2D eigenvalue weighted by Crippen LogP contribution is -2.52. The zero-order chi connectivity index (χ0) is 19.9. The maximum Gasteiger partial charge on any atom is 0.317 e. The Morgan fingerprint density at radius 2 is 2.00 bits per heavy atom. The minimum atomic E-state index is -0.497. The number of aromatic nitrogens is 2. The van der Waals surface area contributed by atoms with Gasteiger partial charge < -0.3 is 15.5 Å². The number of amides is 3. The fourth-order valence-corrected chi connectivity index (χ4v) is 4.43. The number of nitrogens with zero attached hydrogens (tertiary/aromatic N) is 3. The number of nitrogens with one attached hydrogen (secondary N) is 2. The van der Waals surface area contributed by atoms with Crippen molar-refractivity contribution in [1.82, 2.24) is 20.0 Å². The highest BCUT2D eigenvalue weighted by atomic mass is 16.2. The van der Waals surface area contributed by atoms with Crippen molar-refractivity contribution >= 4 is 17.6 Å². The van der Waals surface area contributed by atoms with Crippen molar-refractivity contribution in [3.05, 3.63) is 47.3 Å². The van der Waals surface area contributed by atoms with Gasteiger partial charge in [0.05, 0.1) is 17.7 Å². The van der Waals surface area contributed by atoms with Crippen molar-refractivity contribution in [2.75, 3.05) is 18.4 Å². The van der Waals surface area contributed by atoms with Gasteiger partial charge in [0.25, 0.3) is 0 Å². The summed E-state index contributed by atoms with van der Waals surface area (Å²) in [6.07, 6.45) is 1.30. The lowest BCUT2D eigenvalue weighted by atomic mass is 9.74. The summed E-state index contributed by atoms with van der Waals surface area (Å²) in [6.45, 7) is 7.75. The number of rotatable bonds is 3. The van der Waals surface area contributed by atoms with Crippen LogP contribution in [0.25, 0.3) is 0 Å². The van der Waals surface area contributed by atoms with Gasteiger partial charge in [-0.15, -0.1) is 0 Å². The van der Waals surface area contributed by atoms with Crippen LogP contribution in [0.1, 0.15) is 36.7 Å². The second-order valence-electron chi connectivity index (χ2n) is 8.03. The van der Waals surface area contributed by atoms with E-state index >= 15 is 0 Å². The fraction of sp³-hybridized carbons (Fsp3) is 0.476. The van der Waals surface area contributed by atoms with E-state index in [2.05, 4.69) is 15.7 Å². The third-order valence-electron chi connectivity index (χ3n) is 5.95. The highest BCUT2D eigenvalue weighted by Crippen LogP contribution is 2.44. The van der Waals surface area contributed by atoms with Crippen molar-refractivity contribution in [1.29, 1.82) is 0 Å². The van der Waals surface area contributed by atoms with Crippen molar-refractivity contribution < 1.29 is 9.59 Å². The first-order valence-electron chi connectivity index (χ1n) is 9.86. The molecular formula is C21H27N5O2. The molecule has 0 bridgehead atoms. The first-order valence-corrected chi connectivity index (χ1v) is 9.86. The Balaban J connectivity index is 1.37. The summed E-state index contributed by atoms with van der Waals surface area (Å²) < 4.78 is 1.92. The zero-order valence-electron chi connectivity index (χ0n) is 16.7. The number of fused-ring (bicyclic) bond motifs is 2. The molecule has 2 aromatic rings. The van der Waals surface area contributed by atoms with Gasteiger partial charge in [-0.3, -0.25) is 9.48 Å². The lowest BCUT2D eigenvalue weighted by Gasteiger charge is -2.38. The zero-order valence-corrected chi connectivity index (χ0v) is 16.7. The van der Waals surface area contributed by atoms with Crippen molar-refractivity contribution in [3.63, 3.8) is 0 Å². The Labute approximate surface area is 165 Å². The summed E-state index contributed by atoms with van der Waals surface area (Å²) in [5.74, 6) is 0.0617. The molecule has 0 aliphatic carbocycles. The molecule has 1 saturated heterocycles. The van der Waals surface area contributed by atoms with E-state index in [0.717, 1.165) is 22.6 Å². The number of carbonyl (C=O) groups is 2. The first kappa shape index (κ1) is 18.5. The van der Waals surface area contributed by atoms with Gasteiger partial charge in [-0.1, -0.05) is 18.2 Å². The maximum atomic E-state index is 12.7. The second kappa shape index (κ2) is 6.96. The molecule has 0 radical (unpaired) electrons. The third kappa shape index (κ3) is 3.15. The number of likely N-dealkylation sites (tertiary alicyclic amines) is 1. The van der Waals surface area contributed by atoms with E-state index in [4.69, 9.17) is 0 Å². The van der Waals surface area contributed by atoms with Gasteiger partial charge in [0.1, 0.15) is 0 Å². The van der Waals surface area contributed by atoms with Gasteiger partial charge in [-0.05, 0) is 51.3 Å². The smallest absolute Gasteiger partial charge is 0.317 e. The Kier molecular flexibility index (Phi) is 4.61. The SMILES string of the molecule is Cc1cc(C)n(CC(C)NC(=O)N2CCC3(CC2)C(=O)Nc2ccccc23)n1. The number of piperidine rings is 1. The molecule has 1 aromatic heterocycles. The second-order valence-corrected chi connectivity index (χ2v) is 8.03. The minimum absolute atomic E-state index is 0.0307. The number of aryl methyl sites for hydroxylation is 2. The quantitative estimate of drug-likeness (QED) is 0.858. The lowest BCUT2D eigenvalue weighted by molar-refractivity contribution is -0.122. The molecule has 1 unspecified atom stereocenters. The van der Waals surface area contributed by atoms with E-state index in [0.29, 0.717) is 32.5 Å². The Hall–Kier alpha value is -2.83. The highest BCUT2D eigenvalue weighted by molar-refractivity contribution is 6.06. The van der Waals surface area contributed by atoms with Crippen LogP contribution < -0.4 is 10.6 Å². The molecule has 0 saturated carbocycles. The monoisotopic (exact) mass is 381 g/mol. The van der Waals surface area contributed by atoms with Gasteiger partial charge in [-0.2, -0.15) is 5.10 Å². The number of benzene rings is 1. The Bertz CT molecular complexity index is 911. The summed E-state index contributed by atoms with van der Waals surface area (Å²) in [6, 6.07) is 9.81. The average Bonchev–Trinajstić information content (AvgIpc) is 3.12. The molecule has 2 aliphatic rings. The Morgan fingerprint density at radius 3 is 2.68 bits per heavy atom. The van der Waals surface area contributed by atoms with Crippen LogP contribution in [0.4, 0.5) is 10.5 Å². The average molecular weight is 381 g/mol. The van der Waals surface area contributed by atoms with Gasteiger partial charge in [0.15, 0.2) is 0 Å². The molecule has 7 heteroatoms. The first-order chi connectivity index (χ1) is 13.4. The number of hydrogen-bond donors (Lipinski definition) is 2. The third-order valence-corrected chi connectivity index (χ3v) is 5.95. The normalized spacial score (nSPS) is 18.7. The van der Waals surface area contributed by atoms with Crippen LogP contribution >= 0.6 is 0 Å². The molecule has 28 heavy (non-hydrogen) atoms. The number of carbonyl (C=O) groups excluding carboxylic acids is 2. The van der Waals surface area contributed by atoms with Gasteiger partial charge >= 0.3 is 6.03 Å². The van der Waals surface area contributed by atoms with E-state index < -0.39 is 5.41 Å². The standard InChI is InChI=1S/C21H27N5O2/c1-14-12-16(3)26(24-14)13-15(2)22-20(28)25-10-8-21(9-11-25)17-6-4-5-7-18(17)23-19(21)27/h4-7,12,15H,8-11,13H2,1-3H3,(H,22,28)(H,23,27). The van der Waals surface area contributed by atoms with E-state index in [1.165, 1.54) is 0 Å². The molecule has 7 nitrogen and oxygen atoms in total. The summed E-state index contributed by atoms with van der Waals surface area (Å²) in [7, 11) is 0. The van der Waals surface area contributed by atoms with E-state index in [1.54, 1.807) is 0 Å². The number of hydrogen-bond acceptors (Lipinski definition) is 3. The van der Waals surface area contributed by atoms with Crippen LogP contribution in [0.15, 0.2) is 30.3 Å². The minimum Gasteiger partial charge on any atom is -0.334 e. The number of anilines is 1. The molecular weight excluding hydrogens is 354 g/mol. The summed E-state index contributed by atoms with van der Waals surface area (Å²) in [5.41, 5.74) is 3.54. The van der Waals surface area contributed by atoms with Gasteiger partial charge in [-0.25, -0.2) is 4.79 Å². The summed E-state index contributed by atoms with van der Waals surface area (Å²) >= 11 is 0. The predicted octanol–water partition coefficient (Wildman–Crippen LogP) is 2.58. The molecule has 3 heterocycles. The molecule has 3 amide bonds. The maximum absolute atomic E-state index is 12.7. The summed E-state index contributed by atoms with van der Waals surface area (Å²) in [5, 5.41) is 10.5. The van der Waals surface area contributed by atoms with Crippen molar-refractivity contribution in [2.24, 2.45) is 0 Å². The largest absolute Gasteiger partial charge is 0.334 e. The topological polar surface area (TPSA) is 79.3 Å². The molecule has 2 aliphatic heterocycles. The van der Waals surface area contributed by atoms with Crippen molar-refractivity contribution in [3.8, 4) is 0 Å². The molecule has 1 spiro atoms. The Morgan fingerprint density at radius 1 is 1.29 bits per heavy atom. The molecule has 1 atom stereocenters. The van der Waals surface area contributed by atoms with E-state index in [9.17, 15) is 9.59 Å². The van der Waals surface area contributed by atoms with Crippen LogP contribution in [0.5, 0.6) is 0 Å². The van der Waals surface area contributed by atoms with Crippen LogP contribution in [0.3, 0.4) is 0 Å². The molecule has 148 valence electrons. The molecule has 1 fully saturated rings. The molecule has 4 rings (SSSR count). The van der Waals surface area contributed by atoms with Crippen LogP contribution in [-0.4, -0.2) is 45.8 Å². The fourth-order valence-electron chi connectivity index (χ4n) is 4.43. The molecule has 1 aromatic carbocycles. The molecule has 2 N–H and O–H groups in total. The van der Waals surface area contributed by atoms with E-state index in [1.807, 2.05) is 60.7 Å². The summed E-state index contributed by atoms with van der Waals surface area (Å²) in [4.78, 5) is 27.2.